The molecule has 1 saturated heterocycles. The molecule has 3 aromatic carbocycles. The van der Waals surface area contributed by atoms with Crippen LogP contribution in [0.5, 0.6) is 5.75 Å². The molecule has 4 rings (SSSR count). The highest BCUT2D eigenvalue weighted by Gasteiger charge is 2.23. The summed E-state index contributed by atoms with van der Waals surface area (Å²) < 4.78 is 5.30. The van der Waals surface area contributed by atoms with Crippen molar-refractivity contribution in [3.63, 3.8) is 0 Å². The molecular formula is C29H35N3O3. The number of carbonyl (C=O) groups is 2. The van der Waals surface area contributed by atoms with Crippen molar-refractivity contribution in [2.45, 2.75) is 38.3 Å². The Hall–Kier alpha value is -3.38. The van der Waals surface area contributed by atoms with E-state index < -0.39 is 0 Å². The Kier molecular flexibility index (Phi) is 8.37. The Morgan fingerprint density at radius 2 is 1.69 bits per heavy atom. The molecule has 0 bridgehead atoms. The van der Waals surface area contributed by atoms with Crippen molar-refractivity contribution in [2.24, 2.45) is 0 Å². The highest BCUT2D eigenvalue weighted by Crippen LogP contribution is 2.22. The molecule has 6 heteroatoms. The summed E-state index contributed by atoms with van der Waals surface area (Å²) in [6.07, 6.45) is 3.03. The van der Waals surface area contributed by atoms with Gasteiger partial charge in [-0.05, 0) is 59.4 Å². The summed E-state index contributed by atoms with van der Waals surface area (Å²) in [4.78, 5) is 29.2. The number of likely N-dealkylation sites (N-methyl/N-ethyl adjacent to an activating group) is 1. The predicted octanol–water partition coefficient (Wildman–Crippen LogP) is 4.02. The minimum atomic E-state index is 0.108. The summed E-state index contributed by atoms with van der Waals surface area (Å²) in [5.41, 5.74) is 2.29. The number of piperidine rings is 1. The van der Waals surface area contributed by atoms with Gasteiger partial charge in [0.25, 0.3) is 0 Å². The molecule has 3 aromatic rings. The number of nitrogens with one attached hydrogen (secondary N) is 1. The van der Waals surface area contributed by atoms with E-state index in [9.17, 15) is 9.59 Å². The second-order valence-electron chi connectivity index (χ2n) is 9.40. The molecule has 6 nitrogen and oxygen atoms in total. The molecule has 0 unspecified atom stereocenters. The molecule has 0 spiro atoms. The quantitative estimate of drug-likeness (QED) is 0.510. The van der Waals surface area contributed by atoms with Gasteiger partial charge in [-0.15, -0.1) is 0 Å². The Labute approximate surface area is 207 Å². The highest BCUT2D eigenvalue weighted by molar-refractivity contribution is 5.85. The van der Waals surface area contributed by atoms with Crippen molar-refractivity contribution in [1.29, 1.82) is 0 Å². The van der Waals surface area contributed by atoms with E-state index in [1.807, 2.05) is 43.4 Å². The van der Waals surface area contributed by atoms with Gasteiger partial charge in [0.1, 0.15) is 5.75 Å². The van der Waals surface area contributed by atoms with E-state index in [-0.39, 0.29) is 17.9 Å². The van der Waals surface area contributed by atoms with Gasteiger partial charge in [-0.25, -0.2) is 0 Å². The van der Waals surface area contributed by atoms with E-state index in [4.69, 9.17) is 4.74 Å². The lowest BCUT2D eigenvalue weighted by Gasteiger charge is -2.33. The second kappa shape index (κ2) is 11.8. The second-order valence-corrected chi connectivity index (χ2v) is 9.40. The molecule has 0 radical (unpaired) electrons. The summed E-state index contributed by atoms with van der Waals surface area (Å²) in [5.74, 6) is 1.06. The maximum atomic E-state index is 12.8. The molecular weight excluding hydrogens is 438 g/mol. The van der Waals surface area contributed by atoms with Crippen molar-refractivity contribution in [2.75, 3.05) is 33.8 Å². The van der Waals surface area contributed by atoms with Crippen LogP contribution in [0.15, 0.2) is 66.7 Å². The zero-order chi connectivity index (χ0) is 24.6. The Morgan fingerprint density at radius 1 is 0.971 bits per heavy atom. The van der Waals surface area contributed by atoms with E-state index in [1.54, 1.807) is 12.0 Å². The number of aryl methyl sites for hydroxylation is 1. The number of likely N-dealkylation sites (tertiary alicyclic amines) is 1. The first-order valence-corrected chi connectivity index (χ1v) is 12.4. The van der Waals surface area contributed by atoms with Gasteiger partial charge >= 0.3 is 0 Å². The van der Waals surface area contributed by atoms with Gasteiger partial charge in [0.05, 0.1) is 13.7 Å². The summed E-state index contributed by atoms with van der Waals surface area (Å²) >= 11 is 0. The van der Waals surface area contributed by atoms with Gasteiger partial charge in [0, 0.05) is 39.1 Å². The lowest BCUT2D eigenvalue weighted by Crippen LogP contribution is -2.47. The molecule has 0 saturated carbocycles. The average molecular weight is 474 g/mol. The highest BCUT2D eigenvalue weighted by atomic mass is 16.5. The number of hydrogen-bond donors (Lipinski definition) is 1. The number of rotatable bonds is 9. The first kappa shape index (κ1) is 24.7. The maximum absolute atomic E-state index is 12.8. The third-order valence-electron chi connectivity index (χ3n) is 6.75. The normalized spacial score (nSPS) is 14.6. The fourth-order valence-electron chi connectivity index (χ4n) is 4.61. The van der Waals surface area contributed by atoms with Crippen LogP contribution in [-0.2, 0) is 22.6 Å². The molecule has 0 aliphatic carbocycles. The first-order valence-electron chi connectivity index (χ1n) is 12.4. The predicted molar refractivity (Wildman–Crippen MR) is 139 cm³/mol. The average Bonchev–Trinajstić information content (AvgIpc) is 2.89. The van der Waals surface area contributed by atoms with Gasteiger partial charge in [0.2, 0.25) is 11.8 Å². The van der Waals surface area contributed by atoms with Crippen LogP contribution in [0.1, 0.15) is 30.4 Å². The molecule has 0 atom stereocenters. The van der Waals surface area contributed by atoms with E-state index in [2.05, 4.69) is 40.5 Å². The topological polar surface area (TPSA) is 61.9 Å². The van der Waals surface area contributed by atoms with Crippen molar-refractivity contribution < 1.29 is 14.3 Å². The fourth-order valence-corrected chi connectivity index (χ4v) is 4.61. The minimum absolute atomic E-state index is 0.108. The molecule has 35 heavy (non-hydrogen) atoms. The van der Waals surface area contributed by atoms with Crippen LogP contribution in [0.2, 0.25) is 0 Å². The largest absolute Gasteiger partial charge is 0.497 e. The van der Waals surface area contributed by atoms with Crippen LogP contribution >= 0.6 is 0 Å². The van der Waals surface area contributed by atoms with Gasteiger partial charge in [-0.2, -0.15) is 0 Å². The number of nitrogens with zero attached hydrogens (tertiary/aromatic N) is 2. The maximum Gasteiger partial charge on any atom is 0.236 e. The number of ether oxygens (including phenoxy) is 1. The number of amides is 2. The number of benzene rings is 3. The first-order chi connectivity index (χ1) is 17.0. The van der Waals surface area contributed by atoms with E-state index in [0.29, 0.717) is 19.5 Å². The molecule has 1 N–H and O–H groups in total. The van der Waals surface area contributed by atoms with Crippen molar-refractivity contribution in [3.8, 4) is 5.75 Å². The number of methoxy groups -OCH3 is 1. The Balaban J connectivity index is 1.19. The van der Waals surface area contributed by atoms with Crippen molar-refractivity contribution in [1.82, 2.24) is 15.1 Å². The van der Waals surface area contributed by atoms with Gasteiger partial charge in [-0.1, -0.05) is 48.5 Å². The van der Waals surface area contributed by atoms with Gasteiger partial charge in [-0.3, -0.25) is 14.5 Å². The third-order valence-corrected chi connectivity index (χ3v) is 6.75. The SMILES string of the molecule is COc1ccc2cc(CN(C)C(=O)CN3CCC(NC(=O)CCc4ccccc4)CC3)ccc2c1. The number of fused-ring (bicyclic) bond motifs is 1. The molecule has 1 aliphatic heterocycles. The standard InChI is InChI=1S/C29H35N3O3/c1-31(20-23-8-10-25-19-27(35-2)12-11-24(25)18-23)29(34)21-32-16-14-26(15-17-32)30-28(33)13-9-22-6-4-3-5-7-22/h3-8,10-12,18-19,26H,9,13-17,20-21H2,1-2H3,(H,30,33). The smallest absolute Gasteiger partial charge is 0.236 e. The summed E-state index contributed by atoms with van der Waals surface area (Å²) in [5, 5.41) is 5.43. The lowest BCUT2D eigenvalue weighted by molar-refractivity contribution is -0.132. The van der Waals surface area contributed by atoms with E-state index in [1.165, 1.54) is 5.56 Å². The summed E-state index contributed by atoms with van der Waals surface area (Å²) in [6.45, 7) is 2.63. The van der Waals surface area contributed by atoms with Crippen LogP contribution in [0.4, 0.5) is 0 Å². The number of carbonyl (C=O) groups excluding carboxylic acids is 2. The van der Waals surface area contributed by atoms with Crippen LogP contribution in [0.3, 0.4) is 0 Å². The Morgan fingerprint density at radius 3 is 2.43 bits per heavy atom. The van der Waals surface area contributed by atoms with Gasteiger partial charge < -0.3 is 15.0 Å². The molecule has 2 amide bonds. The number of hydrogen-bond acceptors (Lipinski definition) is 4. The zero-order valence-corrected chi connectivity index (χ0v) is 20.7. The van der Waals surface area contributed by atoms with Crippen LogP contribution in [0, 0.1) is 0 Å². The summed E-state index contributed by atoms with van der Waals surface area (Å²) in [6, 6.07) is 22.6. The molecule has 184 valence electrons. The lowest BCUT2D eigenvalue weighted by atomic mass is 10.0. The van der Waals surface area contributed by atoms with Gasteiger partial charge in [0.15, 0.2) is 0 Å². The molecule has 1 heterocycles. The monoisotopic (exact) mass is 473 g/mol. The van der Waals surface area contributed by atoms with Crippen molar-refractivity contribution >= 4 is 22.6 Å². The fraction of sp³-hybridized carbons (Fsp3) is 0.379. The van der Waals surface area contributed by atoms with Crippen LogP contribution in [-0.4, -0.2) is 61.4 Å². The molecule has 1 aliphatic rings. The van der Waals surface area contributed by atoms with E-state index in [0.717, 1.165) is 54.4 Å². The van der Waals surface area contributed by atoms with Crippen LogP contribution in [0.25, 0.3) is 10.8 Å². The molecule has 1 fully saturated rings. The zero-order valence-electron chi connectivity index (χ0n) is 20.7. The van der Waals surface area contributed by atoms with Crippen molar-refractivity contribution in [3.05, 3.63) is 77.9 Å². The van der Waals surface area contributed by atoms with E-state index >= 15 is 0 Å². The molecule has 0 aromatic heterocycles. The van der Waals surface area contributed by atoms with Crippen LogP contribution < -0.4 is 10.1 Å². The Bertz CT molecular complexity index is 1140. The minimum Gasteiger partial charge on any atom is -0.497 e. The third kappa shape index (κ3) is 7.06. The summed E-state index contributed by atoms with van der Waals surface area (Å²) in [7, 11) is 3.53.